The minimum atomic E-state index is -0.989. The lowest BCUT2D eigenvalue weighted by Gasteiger charge is -2.16. The Morgan fingerprint density at radius 2 is 2.15 bits per heavy atom. The van der Waals surface area contributed by atoms with E-state index in [4.69, 9.17) is 14.3 Å². The third-order valence-corrected chi connectivity index (χ3v) is 2.95. The zero-order valence-electron chi connectivity index (χ0n) is 11.5. The van der Waals surface area contributed by atoms with Crippen LogP contribution in [0, 0.1) is 0 Å². The molecule has 0 atom stereocenters. The number of hydrogen-bond donors (Lipinski definition) is 1. The maximum absolute atomic E-state index is 11.0. The third kappa shape index (κ3) is 3.39. The maximum atomic E-state index is 11.0. The number of benzene rings is 1. The average Bonchev–Trinajstić information content (AvgIpc) is 2.90. The van der Waals surface area contributed by atoms with E-state index in [1.165, 1.54) is 7.11 Å². The van der Waals surface area contributed by atoms with Gasteiger partial charge in [-0.3, -0.25) is 4.90 Å². The topological polar surface area (TPSA) is 62.9 Å². The normalized spacial score (nSPS) is 10.8. The molecule has 5 nitrogen and oxygen atoms in total. The first-order chi connectivity index (χ1) is 9.60. The predicted molar refractivity (Wildman–Crippen MR) is 73.8 cm³/mol. The zero-order valence-corrected chi connectivity index (χ0v) is 11.5. The second-order valence-corrected chi connectivity index (χ2v) is 4.59. The van der Waals surface area contributed by atoms with Gasteiger partial charge in [0.15, 0.2) is 0 Å². The van der Waals surface area contributed by atoms with E-state index in [2.05, 4.69) is 4.90 Å². The van der Waals surface area contributed by atoms with Gasteiger partial charge in [0.05, 0.1) is 19.9 Å². The van der Waals surface area contributed by atoms with E-state index in [9.17, 15) is 4.79 Å². The molecule has 5 heteroatoms. The molecule has 2 rings (SSSR count). The van der Waals surface area contributed by atoms with Crippen LogP contribution in [-0.2, 0) is 13.1 Å². The van der Waals surface area contributed by atoms with Crippen molar-refractivity contribution in [3.05, 3.63) is 53.5 Å². The van der Waals surface area contributed by atoms with Crippen LogP contribution in [0.2, 0.25) is 0 Å². The molecular formula is C15H17NO4. The summed E-state index contributed by atoms with van der Waals surface area (Å²) < 4.78 is 10.4. The molecule has 0 radical (unpaired) electrons. The fourth-order valence-corrected chi connectivity index (χ4v) is 2.05. The fraction of sp³-hybridized carbons (Fsp3) is 0.267. The standard InChI is InChI=1S/C15H17NO4/c1-16(10-12-4-3-7-20-12)9-11-5-6-13(15(17)18)14(8-11)19-2/h3-8H,9-10H2,1-2H3,(H,17,18). The smallest absolute Gasteiger partial charge is 0.339 e. The van der Waals surface area contributed by atoms with E-state index in [0.717, 1.165) is 11.3 Å². The van der Waals surface area contributed by atoms with E-state index in [1.54, 1.807) is 24.5 Å². The quantitative estimate of drug-likeness (QED) is 0.878. The number of rotatable bonds is 6. The Bertz CT molecular complexity index is 578. The molecule has 1 aromatic heterocycles. The Kier molecular flexibility index (Phi) is 4.42. The summed E-state index contributed by atoms with van der Waals surface area (Å²) in [5.74, 6) is 0.278. The highest BCUT2D eigenvalue weighted by atomic mass is 16.5. The molecule has 20 heavy (non-hydrogen) atoms. The number of hydrogen-bond acceptors (Lipinski definition) is 4. The Balaban J connectivity index is 2.07. The summed E-state index contributed by atoms with van der Waals surface area (Å²) >= 11 is 0. The minimum Gasteiger partial charge on any atom is -0.496 e. The van der Waals surface area contributed by atoms with Crippen molar-refractivity contribution in [2.45, 2.75) is 13.1 Å². The highest BCUT2D eigenvalue weighted by Gasteiger charge is 2.12. The number of carboxylic acids is 1. The van der Waals surface area contributed by atoms with Crippen LogP contribution in [0.4, 0.5) is 0 Å². The van der Waals surface area contributed by atoms with E-state index >= 15 is 0 Å². The lowest BCUT2D eigenvalue weighted by atomic mass is 10.1. The molecule has 0 fully saturated rings. The molecular weight excluding hydrogens is 258 g/mol. The van der Waals surface area contributed by atoms with Crippen LogP contribution in [0.3, 0.4) is 0 Å². The molecule has 106 valence electrons. The molecule has 0 spiro atoms. The van der Waals surface area contributed by atoms with Gasteiger partial charge in [0.25, 0.3) is 0 Å². The van der Waals surface area contributed by atoms with Crippen LogP contribution in [0.1, 0.15) is 21.7 Å². The molecule has 0 aliphatic carbocycles. The summed E-state index contributed by atoms with van der Waals surface area (Å²) in [4.78, 5) is 13.1. The summed E-state index contributed by atoms with van der Waals surface area (Å²) in [6.45, 7) is 1.37. The lowest BCUT2D eigenvalue weighted by Crippen LogP contribution is -2.17. The second-order valence-electron chi connectivity index (χ2n) is 4.59. The van der Waals surface area contributed by atoms with Gasteiger partial charge in [0.2, 0.25) is 0 Å². The largest absolute Gasteiger partial charge is 0.496 e. The van der Waals surface area contributed by atoms with E-state index in [-0.39, 0.29) is 5.56 Å². The van der Waals surface area contributed by atoms with Crippen molar-refractivity contribution in [2.24, 2.45) is 0 Å². The SMILES string of the molecule is COc1cc(CN(C)Cc2ccco2)ccc1C(=O)O. The monoisotopic (exact) mass is 275 g/mol. The van der Waals surface area contributed by atoms with Gasteiger partial charge in [-0.25, -0.2) is 4.79 Å². The Morgan fingerprint density at radius 1 is 1.35 bits per heavy atom. The van der Waals surface area contributed by atoms with Crippen LogP contribution >= 0.6 is 0 Å². The molecule has 0 amide bonds. The summed E-state index contributed by atoms with van der Waals surface area (Å²) in [5, 5.41) is 9.04. The van der Waals surface area contributed by atoms with Crippen molar-refractivity contribution >= 4 is 5.97 Å². The van der Waals surface area contributed by atoms with Crippen LogP contribution < -0.4 is 4.74 Å². The fourth-order valence-electron chi connectivity index (χ4n) is 2.05. The highest BCUT2D eigenvalue weighted by molar-refractivity contribution is 5.90. The number of nitrogens with zero attached hydrogens (tertiary/aromatic N) is 1. The van der Waals surface area contributed by atoms with Gasteiger partial charge in [-0.15, -0.1) is 0 Å². The second kappa shape index (κ2) is 6.25. The van der Waals surface area contributed by atoms with Crippen LogP contribution in [-0.4, -0.2) is 30.1 Å². The molecule has 1 aromatic carbocycles. The van der Waals surface area contributed by atoms with E-state index < -0.39 is 5.97 Å². The molecule has 0 saturated heterocycles. The van der Waals surface area contributed by atoms with Gasteiger partial charge in [0.1, 0.15) is 17.1 Å². The van der Waals surface area contributed by atoms with Gasteiger partial charge in [0, 0.05) is 6.54 Å². The molecule has 0 aliphatic heterocycles. The van der Waals surface area contributed by atoms with Crippen LogP contribution in [0.5, 0.6) is 5.75 Å². The predicted octanol–water partition coefficient (Wildman–Crippen LogP) is 2.62. The molecule has 0 unspecified atom stereocenters. The van der Waals surface area contributed by atoms with Crippen molar-refractivity contribution < 1.29 is 19.1 Å². The van der Waals surface area contributed by atoms with Crippen molar-refractivity contribution in [1.29, 1.82) is 0 Å². The summed E-state index contributed by atoms with van der Waals surface area (Å²) in [6, 6.07) is 8.89. The first-order valence-electron chi connectivity index (χ1n) is 6.21. The van der Waals surface area contributed by atoms with E-state index in [0.29, 0.717) is 18.8 Å². The van der Waals surface area contributed by atoms with Gasteiger partial charge < -0.3 is 14.3 Å². The average molecular weight is 275 g/mol. The first-order valence-corrected chi connectivity index (χ1v) is 6.21. The molecule has 0 bridgehead atoms. The third-order valence-electron chi connectivity index (χ3n) is 2.95. The number of carbonyl (C=O) groups is 1. The van der Waals surface area contributed by atoms with E-state index in [1.807, 2.05) is 19.2 Å². The van der Waals surface area contributed by atoms with Gasteiger partial charge >= 0.3 is 5.97 Å². The Labute approximate surface area is 117 Å². The van der Waals surface area contributed by atoms with Gasteiger partial charge in [-0.05, 0) is 36.9 Å². The van der Waals surface area contributed by atoms with Gasteiger partial charge in [-0.1, -0.05) is 6.07 Å². The van der Waals surface area contributed by atoms with Crippen LogP contribution in [0.15, 0.2) is 41.0 Å². The molecule has 0 saturated carbocycles. The number of methoxy groups -OCH3 is 1. The number of aromatic carboxylic acids is 1. The summed E-state index contributed by atoms with van der Waals surface area (Å²) in [6.07, 6.45) is 1.65. The van der Waals surface area contributed by atoms with Gasteiger partial charge in [-0.2, -0.15) is 0 Å². The molecule has 2 aromatic rings. The maximum Gasteiger partial charge on any atom is 0.339 e. The summed E-state index contributed by atoms with van der Waals surface area (Å²) in [7, 11) is 3.44. The first kappa shape index (κ1) is 14.1. The van der Waals surface area contributed by atoms with Crippen molar-refractivity contribution in [2.75, 3.05) is 14.2 Å². The van der Waals surface area contributed by atoms with Crippen molar-refractivity contribution in [1.82, 2.24) is 4.90 Å². The summed E-state index contributed by atoms with van der Waals surface area (Å²) in [5.41, 5.74) is 1.16. The lowest BCUT2D eigenvalue weighted by molar-refractivity contribution is 0.0693. The molecule has 1 heterocycles. The number of carboxylic acid groups (broad SMARTS) is 1. The molecule has 0 aliphatic rings. The van der Waals surface area contributed by atoms with Crippen molar-refractivity contribution in [3.63, 3.8) is 0 Å². The Hall–Kier alpha value is -2.27. The zero-order chi connectivity index (χ0) is 14.5. The van der Waals surface area contributed by atoms with Crippen LogP contribution in [0.25, 0.3) is 0 Å². The highest BCUT2D eigenvalue weighted by Crippen LogP contribution is 2.21. The Morgan fingerprint density at radius 3 is 2.75 bits per heavy atom. The minimum absolute atomic E-state index is 0.171. The number of furan rings is 1. The number of ether oxygens (including phenoxy) is 1. The van der Waals surface area contributed by atoms with Crippen molar-refractivity contribution in [3.8, 4) is 5.75 Å². The molecule has 1 N–H and O–H groups in total.